The summed E-state index contributed by atoms with van der Waals surface area (Å²) in [7, 11) is 0. The van der Waals surface area contributed by atoms with E-state index in [1.165, 1.54) is 57.8 Å². The van der Waals surface area contributed by atoms with Gasteiger partial charge in [0, 0.05) is 12.0 Å². The molecule has 0 aromatic rings. The highest BCUT2D eigenvalue weighted by Crippen LogP contribution is 2.75. The number of hydrogen-bond donors (Lipinski definition) is 2. The lowest BCUT2D eigenvalue weighted by Crippen LogP contribution is -2.64. The van der Waals surface area contributed by atoms with Crippen LogP contribution in [0.15, 0.2) is 11.6 Å². The highest BCUT2D eigenvalue weighted by molar-refractivity contribution is 5.33. The molecule has 0 amide bonds. The molecule has 0 aromatic carbocycles. The molecule has 8 atom stereocenters. The topological polar surface area (TPSA) is 40.5 Å². The van der Waals surface area contributed by atoms with Crippen LogP contribution in [0.2, 0.25) is 0 Å². The Kier molecular flexibility index (Phi) is 5.02. The molecule has 0 spiro atoms. The van der Waals surface area contributed by atoms with Crippen molar-refractivity contribution in [2.24, 2.45) is 50.2 Å². The van der Waals surface area contributed by atoms with Crippen molar-refractivity contribution in [2.45, 2.75) is 119 Å². The summed E-state index contributed by atoms with van der Waals surface area (Å²) < 4.78 is 0. The summed E-state index contributed by atoms with van der Waals surface area (Å²) >= 11 is 0. The maximum atomic E-state index is 10.9. The standard InChI is InChI=1S/C30H50O2/c1-25(2)14-16-30(19-31)17-15-28(6)20(21(30)18-25)8-9-23-27(5)12-11-24(32)26(3,4)22(27)10-13-29(23,28)7/h8,21-24,31-32H,9-19H2,1-7H3/t21-,22?,23-,24?,27+,28-,29-,30-/m1/s1. The van der Waals surface area contributed by atoms with Gasteiger partial charge >= 0.3 is 0 Å². The second-order valence-corrected chi connectivity index (χ2v) is 15.1. The second-order valence-electron chi connectivity index (χ2n) is 15.1. The number of aliphatic hydroxyl groups is 2. The van der Waals surface area contributed by atoms with Gasteiger partial charge in [-0.1, -0.05) is 60.1 Å². The van der Waals surface area contributed by atoms with E-state index in [0.717, 1.165) is 6.42 Å². The fourth-order valence-corrected chi connectivity index (χ4v) is 10.6. The fraction of sp³-hybridized carbons (Fsp3) is 0.933. The summed E-state index contributed by atoms with van der Waals surface area (Å²) in [6, 6.07) is 0. The van der Waals surface area contributed by atoms with Crippen LogP contribution in [0.1, 0.15) is 113 Å². The van der Waals surface area contributed by atoms with Crippen molar-refractivity contribution in [2.75, 3.05) is 6.61 Å². The van der Waals surface area contributed by atoms with Crippen LogP contribution >= 0.6 is 0 Å². The lowest BCUT2D eigenvalue weighted by atomic mass is 9.33. The van der Waals surface area contributed by atoms with E-state index in [-0.39, 0.29) is 22.3 Å². The molecule has 5 aliphatic rings. The predicted molar refractivity (Wildman–Crippen MR) is 132 cm³/mol. The molecule has 2 unspecified atom stereocenters. The van der Waals surface area contributed by atoms with E-state index in [0.29, 0.717) is 40.6 Å². The molecule has 182 valence electrons. The number of fused-ring (bicyclic) bond motifs is 7. The Balaban J connectivity index is 1.58. The quantitative estimate of drug-likeness (QED) is 0.424. The van der Waals surface area contributed by atoms with Crippen molar-refractivity contribution in [3.63, 3.8) is 0 Å². The lowest BCUT2D eigenvalue weighted by Gasteiger charge is -2.71. The molecule has 2 N–H and O–H groups in total. The van der Waals surface area contributed by atoms with Crippen LogP contribution in [-0.2, 0) is 0 Å². The van der Waals surface area contributed by atoms with Gasteiger partial charge in [0.25, 0.3) is 0 Å². The van der Waals surface area contributed by atoms with Gasteiger partial charge in [0.2, 0.25) is 0 Å². The van der Waals surface area contributed by atoms with Gasteiger partial charge in [0.05, 0.1) is 6.10 Å². The van der Waals surface area contributed by atoms with E-state index in [1.807, 2.05) is 0 Å². The summed E-state index contributed by atoms with van der Waals surface area (Å²) in [5, 5.41) is 21.5. The highest BCUT2D eigenvalue weighted by atomic mass is 16.3. The molecule has 2 heteroatoms. The SMILES string of the molecule is CC1(C)CC[C@]2(CO)CC[C@]3(C)C(=CC[C@@H]4[C@@]5(C)CCC(O)C(C)(C)C5CC[C@]43C)[C@H]2C1. The van der Waals surface area contributed by atoms with Gasteiger partial charge in [-0.3, -0.25) is 0 Å². The normalized spacial score (nSPS) is 53.8. The van der Waals surface area contributed by atoms with Crippen LogP contribution in [-0.4, -0.2) is 22.9 Å². The Morgan fingerprint density at radius 2 is 1.53 bits per heavy atom. The molecule has 2 nitrogen and oxygen atoms in total. The van der Waals surface area contributed by atoms with Gasteiger partial charge in [0.1, 0.15) is 0 Å². The Hall–Kier alpha value is -0.340. The van der Waals surface area contributed by atoms with Crippen LogP contribution < -0.4 is 0 Å². The molecular formula is C30H50O2. The molecule has 32 heavy (non-hydrogen) atoms. The minimum atomic E-state index is -0.153. The minimum Gasteiger partial charge on any atom is -0.396 e. The van der Waals surface area contributed by atoms with E-state index >= 15 is 0 Å². The van der Waals surface area contributed by atoms with E-state index in [2.05, 4.69) is 54.5 Å². The smallest absolute Gasteiger partial charge is 0.0594 e. The van der Waals surface area contributed by atoms with Crippen LogP contribution in [0.4, 0.5) is 0 Å². The molecule has 0 aliphatic heterocycles. The summed E-state index contributed by atoms with van der Waals surface area (Å²) in [4.78, 5) is 0. The molecule has 4 fully saturated rings. The van der Waals surface area contributed by atoms with Crippen molar-refractivity contribution in [3.05, 3.63) is 11.6 Å². The van der Waals surface area contributed by atoms with Crippen LogP contribution in [0, 0.1) is 50.2 Å². The number of hydrogen-bond acceptors (Lipinski definition) is 2. The molecule has 0 radical (unpaired) electrons. The average molecular weight is 443 g/mol. The first-order valence-corrected chi connectivity index (χ1v) is 13.8. The van der Waals surface area contributed by atoms with Crippen molar-refractivity contribution in [1.29, 1.82) is 0 Å². The zero-order valence-electron chi connectivity index (χ0n) is 22.1. The van der Waals surface area contributed by atoms with Crippen molar-refractivity contribution in [1.82, 2.24) is 0 Å². The number of allylic oxidation sites excluding steroid dienone is 2. The highest BCUT2D eigenvalue weighted by Gasteiger charge is 2.68. The molecule has 0 saturated heterocycles. The summed E-state index contributed by atoms with van der Waals surface area (Å²) in [5.74, 6) is 1.87. The average Bonchev–Trinajstić information content (AvgIpc) is 2.71. The maximum absolute atomic E-state index is 10.9. The van der Waals surface area contributed by atoms with Gasteiger partial charge in [-0.05, 0) is 109 Å². The third-order valence-electron chi connectivity index (χ3n) is 13.1. The Labute approximate surface area is 197 Å². The third kappa shape index (κ3) is 2.78. The largest absolute Gasteiger partial charge is 0.396 e. The van der Waals surface area contributed by atoms with Gasteiger partial charge in [-0.2, -0.15) is 0 Å². The van der Waals surface area contributed by atoms with Gasteiger partial charge < -0.3 is 10.2 Å². The van der Waals surface area contributed by atoms with Crippen molar-refractivity contribution in [3.8, 4) is 0 Å². The molecule has 0 aromatic heterocycles. The first-order valence-electron chi connectivity index (χ1n) is 13.8. The Morgan fingerprint density at radius 1 is 0.844 bits per heavy atom. The molecule has 5 aliphatic carbocycles. The van der Waals surface area contributed by atoms with Crippen LogP contribution in [0.25, 0.3) is 0 Å². The van der Waals surface area contributed by atoms with Crippen LogP contribution in [0.5, 0.6) is 0 Å². The lowest BCUT2D eigenvalue weighted by molar-refractivity contribution is -0.204. The number of aliphatic hydroxyl groups excluding tert-OH is 2. The van der Waals surface area contributed by atoms with Gasteiger partial charge in [-0.25, -0.2) is 0 Å². The minimum absolute atomic E-state index is 0.0191. The first-order chi connectivity index (χ1) is 14.8. The molecular weight excluding hydrogens is 392 g/mol. The predicted octanol–water partition coefficient (Wildman–Crippen LogP) is 7.14. The third-order valence-corrected chi connectivity index (χ3v) is 13.1. The molecule has 0 bridgehead atoms. The maximum Gasteiger partial charge on any atom is 0.0594 e. The zero-order valence-corrected chi connectivity index (χ0v) is 22.1. The van der Waals surface area contributed by atoms with Crippen LogP contribution in [0.3, 0.4) is 0 Å². The van der Waals surface area contributed by atoms with Crippen molar-refractivity contribution < 1.29 is 10.2 Å². The fourth-order valence-electron chi connectivity index (χ4n) is 10.6. The van der Waals surface area contributed by atoms with E-state index in [1.54, 1.807) is 5.57 Å². The monoisotopic (exact) mass is 442 g/mol. The molecule has 5 rings (SSSR count). The molecule has 0 heterocycles. The van der Waals surface area contributed by atoms with E-state index < -0.39 is 0 Å². The Bertz CT molecular complexity index is 810. The Morgan fingerprint density at radius 3 is 2.22 bits per heavy atom. The van der Waals surface area contributed by atoms with Crippen molar-refractivity contribution >= 4 is 0 Å². The zero-order chi connectivity index (χ0) is 23.4. The van der Waals surface area contributed by atoms with E-state index in [9.17, 15) is 10.2 Å². The van der Waals surface area contributed by atoms with Gasteiger partial charge in [-0.15, -0.1) is 0 Å². The summed E-state index contributed by atoms with van der Waals surface area (Å²) in [6.07, 6.45) is 14.6. The number of rotatable bonds is 1. The molecule has 4 saturated carbocycles. The summed E-state index contributed by atoms with van der Waals surface area (Å²) in [6.45, 7) is 17.8. The first kappa shape index (κ1) is 23.4. The van der Waals surface area contributed by atoms with E-state index in [4.69, 9.17) is 0 Å². The second kappa shape index (κ2) is 6.87. The summed E-state index contributed by atoms with van der Waals surface area (Å²) in [5.41, 5.74) is 3.16. The van der Waals surface area contributed by atoms with Gasteiger partial charge in [0.15, 0.2) is 0 Å².